The normalized spacial score (nSPS) is 12.7. The highest BCUT2D eigenvalue weighted by Crippen LogP contribution is 1.78. The van der Waals surface area contributed by atoms with Crippen molar-refractivity contribution in [1.82, 2.24) is 0 Å². The quantitative estimate of drug-likeness (QED) is 0.362. The van der Waals surface area contributed by atoms with Crippen molar-refractivity contribution < 1.29 is 14.0 Å². The molecule has 0 aromatic heterocycles. The Kier molecular flexibility index (Phi) is 1.98. The van der Waals surface area contributed by atoms with Crippen molar-refractivity contribution in [3.63, 3.8) is 0 Å². The van der Waals surface area contributed by atoms with Gasteiger partial charge in [-0.25, -0.2) is 4.39 Å². The first-order valence-corrected chi connectivity index (χ1v) is 1.57. The first-order valence-electron chi connectivity index (χ1n) is 1.57. The zero-order valence-corrected chi connectivity index (χ0v) is 3.43. The van der Waals surface area contributed by atoms with Gasteiger partial charge in [-0.2, -0.15) is 0 Å². The van der Waals surface area contributed by atoms with E-state index in [-0.39, 0.29) is 6.29 Å². The van der Waals surface area contributed by atoms with Crippen molar-refractivity contribution in [3.8, 4) is 0 Å². The monoisotopic (exact) mass is 105 g/mol. The van der Waals surface area contributed by atoms with Crippen molar-refractivity contribution in [2.45, 2.75) is 6.17 Å². The highest BCUT2D eigenvalue weighted by molar-refractivity contribution is 5.93. The van der Waals surface area contributed by atoms with E-state index >= 15 is 0 Å². The summed E-state index contributed by atoms with van der Waals surface area (Å²) in [6.45, 7) is 0. The average Bonchev–Trinajstić information content (AvgIpc) is 1.65. The standard InChI is InChI=1S/C3H4FNO2/c4-2(1-6)3(5)7/h1-2H,(H2,5,7). The lowest BCUT2D eigenvalue weighted by Crippen LogP contribution is -2.25. The van der Waals surface area contributed by atoms with E-state index in [0.717, 1.165) is 0 Å². The van der Waals surface area contributed by atoms with Crippen LogP contribution in [0, 0.1) is 0 Å². The molecule has 0 bridgehead atoms. The summed E-state index contributed by atoms with van der Waals surface area (Å²) in [5.74, 6) is -1.24. The minimum absolute atomic E-state index is 0.150. The summed E-state index contributed by atoms with van der Waals surface area (Å²) in [5, 5.41) is 0. The molecule has 0 saturated carbocycles. The molecule has 1 unspecified atom stereocenters. The molecule has 40 valence electrons. The van der Waals surface area contributed by atoms with Crippen LogP contribution in [0.1, 0.15) is 0 Å². The fraction of sp³-hybridized carbons (Fsp3) is 0.333. The number of rotatable bonds is 2. The second kappa shape index (κ2) is 2.28. The van der Waals surface area contributed by atoms with Gasteiger partial charge in [-0.1, -0.05) is 0 Å². The molecule has 4 heteroatoms. The Labute approximate surface area is 39.3 Å². The van der Waals surface area contributed by atoms with Crippen LogP contribution in [0.15, 0.2) is 0 Å². The largest absolute Gasteiger partial charge is 0.367 e. The number of halogens is 1. The number of hydrogen-bond acceptors (Lipinski definition) is 2. The van der Waals surface area contributed by atoms with Gasteiger partial charge >= 0.3 is 0 Å². The van der Waals surface area contributed by atoms with E-state index in [1.165, 1.54) is 0 Å². The Balaban J connectivity index is 3.55. The van der Waals surface area contributed by atoms with Gasteiger partial charge in [0.1, 0.15) is 0 Å². The maximum Gasteiger partial charge on any atom is 0.259 e. The van der Waals surface area contributed by atoms with Crippen molar-refractivity contribution >= 4 is 12.2 Å². The van der Waals surface area contributed by atoms with E-state index in [2.05, 4.69) is 5.73 Å². The summed E-state index contributed by atoms with van der Waals surface area (Å²) >= 11 is 0. The van der Waals surface area contributed by atoms with Crippen LogP contribution in [0.25, 0.3) is 0 Å². The third-order valence-corrected chi connectivity index (χ3v) is 0.391. The summed E-state index contributed by atoms with van der Waals surface area (Å²) in [6.07, 6.45) is -2.29. The summed E-state index contributed by atoms with van der Waals surface area (Å²) in [6, 6.07) is 0. The molecule has 1 atom stereocenters. The van der Waals surface area contributed by atoms with Gasteiger partial charge in [-0.3, -0.25) is 9.59 Å². The summed E-state index contributed by atoms with van der Waals surface area (Å²) in [7, 11) is 0. The number of nitrogens with two attached hydrogens (primary N) is 1. The molecule has 0 rings (SSSR count). The first-order chi connectivity index (χ1) is 3.18. The van der Waals surface area contributed by atoms with Crippen LogP contribution in [-0.4, -0.2) is 18.4 Å². The highest BCUT2D eigenvalue weighted by atomic mass is 19.1. The zero-order valence-electron chi connectivity index (χ0n) is 3.43. The smallest absolute Gasteiger partial charge is 0.259 e. The fourth-order valence-electron chi connectivity index (χ4n) is 0.0671. The molecule has 0 fully saturated rings. The Hall–Kier alpha value is -0.930. The fourth-order valence-corrected chi connectivity index (χ4v) is 0.0671. The van der Waals surface area contributed by atoms with Crippen LogP contribution in [0.4, 0.5) is 4.39 Å². The second-order valence-corrected chi connectivity index (χ2v) is 0.940. The molecule has 0 spiro atoms. The maximum absolute atomic E-state index is 11.4. The zero-order chi connectivity index (χ0) is 5.86. The molecule has 0 aromatic carbocycles. The van der Waals surface area contributed by atoms with Crippen LogP contribution < -0.4 is 5.73 Å². The molecule has 2 N–H and O–H groups in total. The molecular formula is C3H4FNO2. The average molecular weight is 105 g/mol. The highest BCUT2D eigenvalue weighted by Gasteiger charge is 2.08. The van der Waals surface area contributed by atoms with Gasteiger partial charge in [0.15, 0.2) is 6.29 Å². The first kappa shape index (κ1) is 6.07. The molecule has 0 saturated heterocycles. The molecule has 0 aromatic rings. The van der Waals surface area contributed by atoms with Crippen LogP contribution in [0.3, 0.4) is 0 Å². The van der Waals surface area contributed by atoms with Crippen molar-refractivity contribution in [1.29, 1.82) is 0 Å². The second-order valence-electron chi connectivity index (χ2n) is 0.940. The predicted molar refractivity (Wildman–Crippen MR) is 20.2 cm³/mol. The van der Waals surface area contributed by atoms with Crippen LogP contribution in [0.5, 0.6) is 0 Å². The number of hydrogen-bond donors (Lipinski definition) is 1. The number of alkyl halides is 1. The topological polar surface area (TPSA) is 60.2 Å². The van der Waals surface area contributed by atoms with E-state index in [9.17, 15) is 14.0 Å². The van der Waals surface area contributed by atoms with Gasteiger partial charge in [-0.05, 0) is 0 Å². The molecule has 0 radical (unpaired) electrons. The van der Waals surface area contributed by atoms with Crippen LogP contribution >= 0.6 is 0 Å². The van der Waals surface area contributed by atoms with Gasteiger partial charge in [0.2, 0.25) is 6.17 Å². The summed E-state index contributed by atoms with van der Waals surface area (Å²) in [4.78, 5) is 18.8. The lowest BCUT2D eigenvalue weighted by molar-refractivity contribution is -0.127. The molecule has 1 amide bonds. The summed E-state index contributed by atoms with van der Waals surface area (Å²) in [5.41, 5.74) is 4.30. The Morgan fingerprint density at radius 3 is 2.29 bits per heavy atom. The number of amides is 1. The van der Waals surface area contributed by atoms with Crippen molar-refractivity contribution in [2.75, 3.05) is 0 Å². The van der Waals surface area contributed by atoms with Crippen LogP contribution in [-0.2, 0) is 9.59 Å². The number of aldehydes is 1. The molecule has 0 aliphatic carbocycles. The molecule has 0 aliphatic heterocycles. The molecular weight excluding hydrogens is 101 g/mol. The van der Waals surface area contributed by atoms with E-state index in [0.29, 0.717) is 0 Å². The predicted octanol–water partition coefficient (Wildman–Crippen LogP) is -0.991. The third kappa shape index (κ3) is 1.86. The van der Waals surface area contributed by atoms with Gasteiger partial charge < -0.3 is 5.73 Å². The van der Waals surface area contributed by atoms with Crippen molar-refractivity contribution in [3.05, 3.63) is 0 Å². The lowest BCUT2D eigenvalue weighted by atomic mass is 10.4. The third-order valence-electron chi connectivity index (χ3n) is 0.391. The molecule has 7 heavy (non-hydrogen) atoms. The van der Waals surface area contributed by atoms with Crippen LogP contribution in [0.2, 0.25) is 0 Å². The minimum atomic E-state index is -2.14. The SMILES string of the molecule is NC(=O)C(F)C=O. The summed E-state index contributed by atoms with van der Waals surface area (Å²) < 4.78 is 11.4. The van der Waals surface area contributed by atoms with E-state index in [1.807, 2.05) is 0 Å². The molecule has 0 heterocycles. The molecule has 0 aliphatic rings. The Bertz CT molecular complexity index is 92.9. The van der Waals surface area contributed by atoms with E-state index in [4.69, 9.17) is 0 Å². The number of carbonyl (C=O) groups is 2. The van der Waals surface area contributed by atoms with Crippen molar-refractivity contribution in [2.24, 2.45) is 5.73 Å². The van der Waals surface area contributed by atoms with Gasteiger partial charge in [-0.15, -0.1) is 0 Å². The lowest BCUT2D eigenvalue weighted by Gasteiger charge is -1.86. The van der Waals surface area contributed by atoms with E-state index < -0.39 is 12.1 Å². The van der Waals surface area contributed by atoms with Gasteiger partial charge in [0.05, 0.1) is 0 Å². The van der Waals surface area contributed by atoms with Gasteiger partial charge in [0.25, 0.3) is 5.91 Å². The number of carbonyl (C=O) groups excluding carboxylic acids is 2. The molecule has 3 nitrogen and oxygen atoms in total. The Morgan fingerprint density at radius 1 is 1.86 bits per heavy atom. The van der Waals surface area contributed by atoms with E-state index in [1.54, 1.807) is 0 Å². The van der Waals surface area contributed by atoms with Gasteiger partial charge in [0, 0.05) is 0 Å². The minimum Gasteiger partial charge on any atom is -0.367 e. The Morgan fingerprint density at radius 2 is 2.29 bits per heavy atom. The number of primary amides is 1. The maximum atomic E-state index is 11.4.